The van der Waals surface area contributed by atoms with Crippen LogP contribution in [0.15, 0.2) is 30.3 Å². The number of aromatic nitrogens is 4. The van der Waals surface area contributed by atoms with Crippen LogP contribution < -0.4 is 0 Å². The molecular formula is C13H16N4O2S. The third kappa shape index (κ3) is 3.36. The van der Waals surface area contributed by atoms with Gasteiger partial charge in [0.05, 0.1) is 24.0 Å². The van der Waals surface area contributed by atoms with Crippen LogP contribution in [0.2, 0.25) is 0 Å². The molecule has 0 saturated heterocycles. The predicted molar refractivity (Wildman–Crippen MR) is 76.7 cm³/mol. The predicted octanol–water partition coefficient (Wildman–Crippen LogP) is 2.02. The third-order valence-electron chi connectivity index (χ3n) is 2.72. The lowest BCUT2D eigenvalue weighted by Crippen LogP contribution is -2.12. The Bertz CT molecular complexity index is 559. The summed E-state index contributed by atoms with van der Waals surface area (Å²) in [4.78, 5) is 11.6. The maximum absolute atomic E-state index is 11.6. The van der Waals surface area contributed by atoms with Gasteiger partial charge in [0.2, 0.25) is 0 Å². The number of hydrogen-bond donors (Lipinski definition) is 0. The molecule has 0 fully saturated rings. The summed E-state index contributed by atoms with van der Waals surface area (Å²) in [6.07, 6.45) is 2.18. The van der Waals surface area contributed by atoms with E-state index in [2.05, 4.69) is 15.5 Å². The lowest BCUT2D eigenvalue weighted by atomic mass is 10.2. The van der Waals surface area contributed by atoms with Crippen molar-refractivity contribution >= 4 is 17.7 Å². The minimum Gasteiger partial charge on any atom is -0.466 e. The second-order valence-corrected chi connectivity index (χ2v) is 5.06. The molecule has 0 N–H and O–H groups in total. The number of para-hydroxylation sites is 1. The number of rotatable bonds is 6. The van der Waals surface area contributed by atoms with E-state index < -0.39 is 0 Å². The summed E-state index contributed by atoms with van der Waals surface area (Å²) in [5.74, 6) is 0.409. The Labute approximate surface area is 121 Å². The van der Waals surface area contributed by atoms with Crippen molar-refractivity contribution in [1.29, 1.82) is 0 Å². The van der Waals surface area contributed by atoms with E-state index in [1.165, 1.54) is 11.8 Å². The molecule has 0 bridgehead atoms. The first kappa shape index (κ1) is 14.5. The number of esters is 1. The smallest absolute Gasteiger partial charge is 0.307 e. The van der Waals surface area contributed by atoms with Crippen LogP contribution in [0.3, 0.4) is 0 Å². The molecule has 0 aliphatic carbocycles. The number of tetrazole rings is 1. The summed E-state index contributed by atoms with van der Waals surface area (Å²) < 4.78 is 6.64. The maximum atomic E-state index is 11.6. The molecule has 20 heavy (non-hydrogen) atoms. The van der Waals surface area contributed by atoms with Crippen molar-refractivity contribution in [3.63, 3.8) is 0 Å². The number of hydrogen-bond acceptors (Lipinski definition) is 6. The highest BCUT2D eigenvalue weighted by atomic mass is 32.2. The zero-order valence-corrected chi connectivity index (χ0v) is 12.2. The molecule has 0 saturated carbocycles. The summed E-state index contributed by atoms with van der Waals surface area (Å²) >= 11 is 1.53. The molecule has 106 valence electrons. The van der Waals surface area contributed by atoms with Gasteiger partial charge in [-0.2, -0.15) is 16.4 Å². The number of carbonyl (C=O) groups excluding carboxylic acids is 1. The molecule has 2 aromatic rings. The van der Waals surface area contributed by atoms with Crippen LogP contribution in [0.4, 0.5) is 0 Å². The molecule has 2 rings (SSSR count). The Kier molecular flexibility index (Phi) is 5.11. The minimum atomic E-state index is -0.241. The number of benzene rings is 1. The van der Waals surface area contributed by atoms with Gasteiger partial charge in [0.1, 0.15) is 0 Å². The Balaban J connectivity index is 2.23. The van der Waals surface area contributed by atoms with Gasteiger partial charge in [0.15, 0.2) is 5.82 Å². The molecule has 1 aromatic carbocycles. The number of ether oxygens (including phenoxy) is 1. The van der Waals surface area contributed by atoms with Crippen molar-refractivity contribution in [1.82, 2.24) is 20.2 Å². The first-order valence-electron chi connectivity index (χ1n) is 6.28. The molecule has 1 atom stereocenters. The van der Waals surface area contributed by atoms with Crippen LogP contribution in [-0.2, 0) is 9.53 Å². The van der Waals surface area contributed by atoms with Gasteiger partial charge in [-0.05, 0) is 35.7 Å². The Hall–Kier alpha value is -1.89. The van der Waals surface area contributed by atoms with E-state index in [9.17, 15) is 4.79 Å². The van der Waals surface area contributed by atoms with Gasteiger partial charge in [-0.3, -0.25) is 4.79 Å². The summed E-state index contributed by atoms with van der Waals surface area (Å²) in [7, 11) is 0. The van der Waals surface area contributed by atoms with Crippen LogP contribution in [0.5, 0.6) is 0 Å². The fourth-order valence-electron chi connectivity index (χ4n) is 1.80. The van der Waals surface area contributed by atoms with Crippen molar-refractivity contribution in [2.45, 2.75) is 18.6 Å². The van der Waals surface area contributed by atoms with Crippen LogP contribution in [0.1, 0.15) is 24.4 Å². The monoisotopic (exact) mass is 292 g/mol. The van der Waals surface area contributed by atoms with Crippen LogP contribution >= 0.6 is 11.8 Å². The second-order valence-electron chi connectivity index (χ2n) is 4.02. The average molecular weight is 292 g/mol. The lowest BCUT2D eigenvalue weighted by molar-refractivity contribution is -0.143. The maximum Gasteiger partial charge on any atom is 0.307 e. The number of carbonyl (C=O) groups is 1. The fraction of sp³-hybridized carbons (Fsp3) is 0.385. The fourth-order valence-corrected chi connectivity index (χ4v) is 2.46. The Morgan fingerprint density at radius 1 is 1.40 bits per heavy atom. The highest BCUT2D eigenvalue weighted by Gasteiger charge is 2.22. The molecule has 0 aliphatic heterocycles. The van der Waals surface area contributed by atoms with E-state index >= 15 is 0 Å². The SMILES string of the molecule is CCOC(=O)CC(SC)c1nnnn1-c1ccccc1. The molecule has 0 amide bonds. The number of thioether (sulfide) groups is 1. The molecule has 6 nitrogen and oxygen atoms in total. The van der Waals surface area contributed by atoms with Crippen LogP contribution in [-0.4, -0.2) is 39.0 Å². The topological polar surface area (TPSA) is 69.9 Å². The molecule has 0 spiro atoms. The van der Waals surface area contributed by atoms with Gasteiger partial charge in [-0.25, -0.2) is 0 Å². The third-order valence-corrected chi connectivity index (χ3v) is 3.67. The van der Waals surface area contributed by atoms with Crippen LogP contribution in [0.25, 0.3) is 5.69 Å². The average Bonchev–Trinajstić information content (AvgIpc) is 2.95. The first-order chi connectivity index (χ1) is 9.76. The van der Waals surface area contributed by atoms with Crippen molar-refractivity contribution in [2.24, 2.45) is 0 Å². The summed E-state index contributed by atoms with van der Waals surface area (Å²) in [6, 6.07) is 9.60. The largest absolute Gasteiger partial charge is 0.466 e. The van der Waals surface area contributed by atoms with E-state index in [0.29, 0.717) is 12.4 Å². The van der Waals surface area contributed by atoms with E-state index in [1.807, 2.05) is 36.6 Å². The molecule has 0 radical (unpaired) electrons. The molecule has 0 aliphatic rings. The molecule has 1 heterocycles. The standard InChI is InChI=1S/C13H16N4O2S/c1-3-19-12(18)9-11(20-2)13-14-15-16-17(13)10-7-5-4-6-8-10/h4-8,11H,3,9H2,1-2H3. The lowest BCUT2D eigenvalue weighted by Gasteiger charge is -2.13. The van der Waals surface area contributed by atoms with Crippen LogP contribution in [0, 0.1) is 0 Å². The zero-order chi connectivity index (χ0) is 14.4. The van der Waals surface area contributed by atoms with Crippen molar-refractivity contribution in [2.75, 3.05) is 12.9 Å². The Morgan fingerprint density at radius 3 is 2.80 bits per heavy atom. The van der Waals surface area contributed by atoms with Gasteiger partial charge in [-0.1, -0.05) is 18.2 Å². The first-order valence-corrected chi connectivity index (χ1v) is 7.57. The Morgan fingerprint density at radius 2 is 2.15 bits per heavy atom. The van der Waals surface area contributed by atoms with Crippen molar-refractivity contribution < 1.29 is 9.53 Å². The second kappa shape index (κ2) is 7.04. The molecule has 1 aromatic heterocycles. The van der Waals surface area contributed by atoms with Gasteiger partial charge >= 0.3 is 5.97 Å². The van der Waals surface area contributed by atoms with Gasteiger partial charge in [-0.15, -0.1) is 5.10 Å². The normalized spacial score (nSPS) is 12.1. The van der Waals surface area contributed by atoms with Gasteiger partial charge in [0, 0.05) is 0 Å². The van der Waals surface area contributed by atoms with E-state index in [4.69, 9.17) is 4.74 Å². The van der Waals surface area contributed by atoms with E-state index in [1.54, 1.807) is 11.6 Å². The minimum absolute atomic E-state index is 0.135. The summed E-state index contributed by atoms with van der Waals surface area (Å²) in [5, 5.41) is 11.6. The van der Waals surface area contributed by atoms with Crippen molar-refractivity contribution in [3.8, 4) is 5.69 Å². The quantitative estimate of drug-likeness (QED) is 0.759. The molecule has 7 heteroatoms. The summed E-state index contributed by atoms with van der Waals surface area (Å²) in [5.41, 5.74) is 0.871. The van der Waals surface area contributed by atoms with E-state index in [-0.39, 0.29) is 17.6 Å². The molecular weight excluding hydrogens is 276 g/mol. The van der Waals surface area contributed by atoms with E-state index in [0.717, 1.165) is 5.69 Å². The zero-order valence-electron chi connectivity index (χ0n) is 11.4. The van der Waals surface area contributed by atoms with Gasteiger partial charge in [0.25, 0.3) is 0 Å². The molecule has 1 unspecified atom stereocenters. The van der Waals surface area contributed by atoms with Gasteiger partial charge < -0.3 is 4.74 Å². The number of nitrogens with zero attached hydrogens (tertiary/aromatic N) is 4. The summed E-state index contributed by atoms with van der Waals surface area (Å²) in [6.45, 7) is 2.17. The highest BCUT2D eigenvalue weighted by molar-refractivity contribution is 7.98. The van der Waals surface area contributed by atoms with Crippen molar-refractivity contribution in [3.05, 3.63) is 36.2 Å². The highest BCUT2D eigenvalue weighted by Crippen LogP contribution is 2.29.